The van der Waals surface area contributed by atoms with Crippen molar-refractivity contribution in [3.8, 4) is 6.07 Å². The summed E-state index contributed by atoms with van der Waals surface area (Å²) in [7, 11) is 0. The Bertz CT molecular complexity index is 592. The molecule has 1 aromatic carbocycles. The highest BCUT2D eigenvalue weighted by Gasteiger charge is 2.28. The molecule has 0 spiro atoms. The molecular weight excluding hydrogens is 294 g/mol. The zero-order chi connectivity index (χ0) is 16.7. The number of hydrogen-bond acceptors (Lipinski definition) is 4. The van der Waals surface area contributed by atoms with Gasteiger partial charge in [-0.2, -0.15) is 5.26 Å². The fourth-order valence-electron chi connectivity index (χ4n) is 2.55. The Morgan fingerprint density at radius 3 is 2.65 bits per heavy atom. The van der Waals surface area contributed by atoms with Crippen LogP contribution in [0.25, 0.3) is 0 Å². The van der Waals surface area contributed by atoms with Crippen molar-refractivity contribution in [2.75, 3.05) is 31.1 Å². The Balaban J connectivity index is 1.79. The molecule has 1 aromatic rings. The van der Waals surface area contributed by atoms with Gasteiger partial charge in [-0.15, -0.1) is 0 Å². The van der Waals surface area contributed by atoms with Gasteiger partial charge in [0.1, 0.15) is 0 Å². The molecule has 6 heteroatoms. The lowest BCUT2D eigenvalue weighted by Crippen LogP contribution is -2.32. The van der Waals surface area contributed by atoms with Gasteiger partial charge in [-0.25, -0.2) is 4.79 Å². The average Bonchev–Trinajstić information content (AvgIpc) is 2.93. The Morgan fingerprint density at radius 1 is 1.26 bits per heavy atom. The molecule has 2 amide bonds. The van der Waals surface area contributed by atoms with Crippen LogP contribution in [0.4, 0.5) is 10.5 Å². The van der Waals surface area contributed by atoms with Crippen LogP contribution < -0.4 is 4.90 Å². The minimum absolute atomic E-state index is 0.0224. The number of esters is 1. The molecule has 2 rings (SSSR count). The highest BCUT2D eigenvalue weighted by Crippen LogP contribution is 2.21. The zero-order valence-corrected chi connectivity index (χ0v) is 13.3. The smallest absolute Gasteiger partial charge is 0.324 e. The van der Waals surface area contributed by atoms with Gasteiger partial charge in [0, 0.05) is 31.7 Å². The van der Waals surface area contributed by atoms with Crippen molar-refractivity contribution in [3.63, 3.8) is 0 Å². The fraction of sp³-hybridized carbons (Fsp3) is 0.471. The van der Waals surface area contributed by atoms with Crippen LogP contribution in [-0.2, 0) is 9.53 Å². The summed E-state index contributed by atoms with van der Waals surface area (Å²) in [5, 5.41) is 8.81. The molecule has 23 heavy (non-hydrogen) atoms. The van der Waals surface area contributed by atoms with E-state index in [0.717, 1.165) is 18.5 Å². The first-order valence-corrected chi connectivity index (χ1v) is 7.88. The minimum atomic E-state index is -0.181. The summed E-state index contributed by atoms with van der Waals surface area (Å²) in [4.78, 5) is 27.2. The first kappa shape index (κ1) is 16.8. The topological polar surface area (TPSA) is 73.6 Å². The summed E-state index contributed by atoms with van der Waals surface area (Å²) in [6.07, 6.45) is 1.90. The summed E-state index contributed by atoms with van der Waals surface area (Å²) in [6, 6.07) is 9.05. The summed E-state index contributed by atoms with van der Waals surface area (Å²) in [6.45, 7) is 4.16. The lowest BCUT2D eigenvalue weighted by Gasteiger charge is -2.18. The Kier molecular flexibility index (Phi) is 5.98. The number of ether oxygens (including phenoxy) is 1. The Morgan fingerprint density at radius 2 is 2.00 bits per heavy atom. The van der Waals surface area contributed by atoms with Gasteiger partial charge in [0.2, 0.25) is 0 Å². The second-order valence-electron chi connectivity index (χ2n) is 5.34. The second-order valence-corrected chi connectivity index (χ2v) is 5.34. The normalized spacial score (nSPS) is 14.0. The maximum absolute atomic E-state index is 12.4. The molecule has 1 fully saturated rings. The molecule has 0 atom stereocenters. The second kappa shape index (κ2) is 8.18. The van der Waals surface area contributed by atoms with Crippen molar-refractivity contribution in [3.05, 3.63) is 29.8 Å². The quantitative estimate of drug-likeness (QED) is 0.572. The number of nitriles is 1. The molecule has 0 bridgehead atoms. The van der Waals surface area contributed by atoms with E-state index in [4.69, 9.17) is 10.00 Å². The first-order valence-electron chi connectivity index (χ1n) is 7.88. The predicted octanol–water partition coefficient (Wildman–Crippen LogP) is 2.53. The first-order chi connectivity index (χ1) is 11.2. The molecule has 0 N–H and O–H groups in total. The third-order valence-corrected chi connectivity index (χ3v) is 3.77. The molecule has 122 valence electrons. The molecule has 0 aromatic heterocycles. The molecule has 1 aliphatic rings. The summed E-state index contributed by atoms with van der Waals surface area (Å²) < 4.78 is 4.88. The van der Waals surface area contributed by atoms with Gasteiger partial charge in [0.25, 0.3) is 0 Å². The molecule has 0 saturated carbocycles. The molecule has 0 radical (unpaired) electrons. The van der Waals surface area contributed by atoms with E-state index in [9.17, 15) is 9.59 Å². The number of benzene rings is 1. The maximum Gasteiger partial charge on any atom is 0.324 e. The summed E-state index contributed by atoms with van der Waals surface area (Å²) in [5.41, 5.74) is 1.39. The number of unbranched alkanes of at least 4 members (excludes halogenated alkanes) is 1. The predicted molar refractivity (Wildman–Crippen MR) is 86.0 cm³/mol. The van der Waals surface area contributed by atoms with Crippen LogP contribution in [0.1, 0.15) is 31.7 Å². The number of amides is 2. The van der Waals surface area contributed by atoms with Gasteiger partial charge >= 0.3 is 12.0 Å². The number of urea groups is 1. The molecule has 1 saturated heterocycles. The number of anilines is 1. The number of carbonyl (C=O) groups is 2. The van der Waals surface area contributed by atoms with Crippen molar-refractivity contribution < 1.29 is 14.3 Å². The van der Waals surface area contributed by atoms with E-state index >= 15 is 0 Å². The van der Waals surface area contributed by atoms with Crippen molar-refractivity contribution in [1.82, 2.24) is 4.90 Å². The van der Waals surface area contributed by atoms with Gasteiger partial charge < -0.3 is 9.64 Å². The maximum atomic E-state index is 12.4. The Hall–Kier alpha value is -2.55. The molecule has 0 unspecified atom stereocenters. The van der Waals surface area contributed by atoms with E-state index in [2.05, 4.69) is 6.07 Å². The average molecular weight is 315 g/mol. The molecular formula is C17H21N3O3. The van der Waals surface area contributed by atoms with Gasteiger partial charge in [0.05, 0.1) is 18.2 Å². The van der Waals surface area contributed by atoms with E-state index in [1.54, 1.807) is 41.0 Å². The Labute approximate surface area is 136 Å². The van der Waals surface area contributed by atoms with Gasteiger partial charge in [-0.05, 0) is 44.0 Å². The number of nitrogens with zero attached hydrogens (tertiary/aromatic N) is 3. The molecule has 0 aliphatic carbocycles. The number of carbonyl (C=O) groups excluding carboxylic acids is 2. The monoisotopic (exact) mass is 315 g/mol. The van der Waals surface area contributed by atoms with E-state index in [-0.39, 0.29) is 12.0 Å². The zero-order valence-electron chi connectivity index (χ0n) is 13.3. The van der Waals surface area contributed by atoms with E-state index in [0.29, 0.717) is 38.2 Å². The third kappa shape index (κ3) is 4.46. The van der Waals surface area contributed by atoms with Crippen LogP contribution in [-0.4, -0.2) is 43.1 Å². The van der Waals surface area contributed by atoms with Crippen LogP contribution >= 0.6 is 0 Å². The lowest BCUT2D eigenvalue weighted by molar-refractivity contribution is -0.143. The minimum Gasteiger partial charge on any atom is -0.466 e. The van der Waals surface area contributed by atoms with Crippen LogP contribution in [0.3, 0.4) is 0 Å². The van der Waals surface area contributed by atoms with E-state index in [1.807, 2.05) is 0 Å². The summed E-state index contributed by atoms with van der Waals surface area (Å²) >= 11 is 0. The van der Waals surface area contributed by atoms with E-state index in [1.165, 1.54) is 0 Å². The van der Waals surface area contributed by atoms with Crippen LogP contribution in [0, 0.1) is 11.3 Å². The molecule has 6 nitrogen and oxygen atoms in total. The van der Waals surface area contributed by atoms with Crippen molar-refractivity contribution in [1.29, 1.82) is 5.26 Å². The highest BCUT2D eigenvalue weighted by atomic mass is 16.5. The standard InChI is InChI=1S/C17H21N3O3/c1-2-23-16(21)5-3-4-10-19-11-12-20(17(19)22)15-8-6-14(13-18)7-9-15/h6-9H,2-5,10-12H2,1H3. The van der Waals surface area contributed by atoms with E-state index < -0.39 is 0 Å². The van der Waals surface area contributed by atoms with Crippen molar-refractivity contribution >= 4 is 17.7 Å². The third-order valence-electron chi connectivity index (χ3n) is 3.77. The molecule has 1 aliphatic heterocycles. The molecule has 1 heterocycles. The number of rotatable bonds is 7. The van der Waals surface area contributed by atoms with Crippen LogP contribution in [0.15, 0.2) is 24.3 Å². The van der Waals surface area contributed by atoms with Crippen molar-refractivity contribution in [2.24, 2.45) is 0 Å². The van der Waals surface area contributed by atoms with Crippen molar-refractivity contribution in [2.45, 2.75) is 26.2 Å². The van der Waals surface area contributed by atoms with Gasteiger partial charge in [0.15, 0.2) is 0 Å². The van der Waals surface area contributed by atoms with Crippen LogP contribution in [0.2, 0.25) is 0 Å². The fourth-order valence-corrected chi connectivity index (χ4v) is 2.55. The van der Waals surface area contributed by atoms with Gasteiger partial charge in [-0.1, -0.05) is 0 Å². The SMILES string of the molecule is CCOC(=O)CCCCN1CCN(c2ccc(C#N)cc2)C1=O. The lowest BCUT2D eigenvalue weighted by atomic mass is 10.2. The van der Waals surface area contributed by atoms with Gasteiger partial charge in [-0.3, -0.25) is 9.69 Å². The number of hydrogen-bond donors (Lipinski definition) is 0. The van der Waals surface area contributed by atoms with Crippen LogP contribution in [0.5, 0.6) is 0 Å². The largest absolute Gasteiger partial charge is 0.466 e. The summed E-state index contributed by atoms with van der Waals surface area (Å²) in [5.74, 6) is -0.181. The highest BCUT2D eigenvalue weighted by molar-refractivity contribution is 5.94.